The first-order valence-corrected chi connectivity index (χ1v) is 9.54. The van der Waals surface area contributed by atoms with Gasteiger partial charge in [-0.2, -0.15) is 5.10 Å². The lowest BCUT2D eigenvalue weighted by molar-refractivity contribution is -0.126. The van der Waals surface area contributed by atoms with Crippen molar-refractivity contribution in [2.75, 3.05) is 26.2 Å². The molecule has 3 N–H and O–H groups in total. The zero-order valence-electron chi connectivity index (χ0n) is 17.1. The quantitative estimate of drug-likeness (QED) is 0.733. The SMILES string of the molecule is Cc1cc(C(=O)N2CCCC(C(=O)NCCN)C2)c2cnn(C(C)C)c2n1.Cl.Cl. The smallest absolute Gasteiger partial charge is 0.254 e. The van der Waals surface area contributed by atoms with Gasteiger partial charge in [0.25, 0.3) is 5.91 Å². The molecule has 162 valence electrons. The summed E-state index contributed by atoms with van der Waals surface area (Å²) in [5, 5.41) is 8.00. The van der Waals surface area contributed by atoms with Crippen molar-refractivity contribution in [2.24, 2.45) is 11.7 Å². The molecular weight excluding hydrogens is 415 g/mol. The molecule has 0 saturated carbocycles. The Hall–Kier alpha value is -1.90. The molecule has 0 aliphatic carbocycles. The van der Waals surface area contributed by atoms with E-state index in [0.717, 1.165) is 29.6 Å². The van der Waals surface area contributed by atoms with Crippen LogP contribution >= 0.6 is 24.8 Å². The summed E-state index contributed by atoms with van der Waals surface area (Å²) in [5.41, 5.74) is 7.56. The van der Waals surface area contributed by atoms with Crippen LogP contribution in [0.5, 0.6) is 0 Å². The first kappa shape index (κ1) is 25.1. The summed E-state index contributed by atoms with van der Waals surface area (Å²) in [4.78, 5) is 31.9. The van der Waals surface area contributed by atoms with Crippen molar-refractivity contribution in [3.8, 4) is 0 Å². The molecule has 0 aromatic carbocycles. The van der Waals surface area contributed by atoms with E-state index in [-0.39, 0.29) is 48.6 Å². The average Bonchev–Trinajstić information content (AvgIpc) is 3.08. The summed E-state index contributed by atoms with van der Waals surface area (Å²) in [7, 11) is 0. The van der Waals surface area contributed by atoms with Gasteiger partial charge in [0.2, 0.25) is 5.91 Å². The Morgan fingerprint density at radius 2 is 2.07 bits per heavy atom. The molecule has 1 aliphatic heterocycles. The van der Waals surface area contributed by atoms with Crippen LogP contribution in [-0.4, -0.2) is 57.7 Å². The lowest BCUT2D eigenvalue weighted by atomic mass is 9.96. The summed E-state index contributed by atoms with van der Waals surface area (Å²) >= 11 is 0. The number of nitrogens with zero attached hydrogens (tertiary/aromatic N) is 4. The number of nitrogens with two attached hydrogens (primary N) is 1. The number of hydrogen-bond donors (Lipinski definition) is 2. The number of fused-ring (bicyclic) bond motifs is 1. The first-order chi connectivity index (χ1) is 12.9. The second kappa shape index (κ2) is 10.8. The van der Waals surface area contributed by atoms with Crippen molar-refractivity contribution in [3.05, 3.63) is 23.5 Å². The summed E-state index contributed by atoms with van der Waals surface area (Å²) in [6.45, 7) is 7.90. The minimum absolute atomic E-state index is 0. The molecule has 1 aliphatic rings. The summed E-state index contributed by atoms with van der Waals surface area (Å²) < 4.78 is 1.83. The third-order valence-corrected chi connectivity index (χ3v) is 4.94. The molecule has 29 heavy (non-hydrogen) atoms. The van der Waals surface area contributed by atoms with E-state index >= 15 is 0 Å². The van der Waals surface area contributed by atoms with Gasteiger partial charge in [-0.1, -0.05) is 0 Å². The largest absolute Gasteiger partial charge is 0.355 e. The van der Waals surface area contributed by atoms with Crippen LogP contribution in [0.4, 0.5) is 0 Å². The third kappa shape index (κ3) is 5.38. The number of rotatable bonds is 5. The van der Waals surface area contributed by atoms with Crippen LogP contribution in [0.3, 0.4) is 0 Å². The Labute approximate surface area is 183 Å². The molecule has 0 spiro atoms. The maximum absolute atomic E-state index is 13.2. The Kier molecular flexibility index (Phi) is 9.32. The number of amides is 2. The molecule has 3 rings (SSSR count). The molecule has 2 amide bonds. The summed E-state index contributed by atoms with van der Waals surface area (Å²) in [5.74, 6) is -0.280. The molecule has 8 nitrogen and oxygen atoms in total. The number of aromatic nitrogens is 3. The van der Waals surface area contributed by atoms with Crippen LogP contribution in [0.2, 0.25) is 0 Å². The van der Waals surface area contributed by atoms with Crippen molar-refractivity contribution in [3.63, 3.8) is 0 Å². The van der Waals surface area contributed by atoms with Crippen LogP contribution in [-0.2, 0) is 4.79 Å². The van der Waals surface area contributed by atoms with Gasteiger partial charge in [0.1, 0.15) is 0 Å². The predicted octanol–water partition coefficient (Wildman–Crippen LogP) is 2.09. The van der Waals surface area contributed by atoms with Gasteiger partial charge in [-0.25, -0.2) is 9.67 Å². The van der Waals surface area contributed by atoms with Crippen molar-refractivity contribution >= 4 is 47.7 Å². The van der Waals surface area contributed by atoms with E-state index in [1.807, 2.05) is 31.5 Å². The molecule has 1 saturated heterocycles. The minimum atomic E-state index is -0.189. The van der Waals surface area contributed by atoms with E-state index in [1.54, 1.807) is 11.1 Å². The normalized spacial score (nSPS) is 16.3. The van der Waals surface area contributed by atoms with Gasteiger partial charge in [-0.15, -0.1) is 24.8 Å². The molecule has 1 atom stereocenters. The molecule has 3 heterocycles. The highest BCUT2D eigenvalue weighted by atomic mass is 35.5. The zero-order valence-corrected chi connectivity index (χ0v) is 18.7. The summed E-state index contributed by atoms with van der Waals surface area (Å²) in [6.07, 6.45) is 3.31. The molecule has 1 fully saturated rings. The van der Waals surface area contributed by atoms with Gasteiger partial charge in [0, 0.05) is 37.9 Å². The maximum Gasteiger partial charge on any atom is 0.254 e. The Balaban J connectivity index is 0.00000210. The summed E-state index contributed by atoms with van der Waals surface area (Å²) in [6, 6.07) is 1.97. The van der Waals surface area contributed by atoms with Crippen molar-refractivity contribution < 1.29 is 9.59 Å². The highest BCUT2D eigenvalue weighted by Crippen LogP contribution is 2.25. The molecule has 2 aromatic heterocycles. The third-order valence-electron chi connectivity index (χ3n) is 4.94. The van der Waals surface area contributed by atoms with Gasteiger partial charge in [-0.05, 0) is 39.7 Å². The van der Waals surface area contributed by atoms with Crippen LogP contribution < -0.4 is 11.1 Å². The fourth-order valence-corrected chi connectivity index (χ4v) is 3.58. The number of carbonyl (C=O) groups excluding carboxylic acids is 2. The molecule has 0 radical (unpaired) electrons. The number of aryl methyl sites for hydroxylation is 1. The number of piperidine rings is 1. The first-order valence-electron chi connectivity index (χ1n) is 9.54. The number of pyridine rings is 1. The number of carbonyl (C=O) groups is 2. The molecular formula is C19H30Cl2N6O2. The maximum atomic E-state index is 13.2. The molecule has 0 bridgehead atoms. The number of halogens is 2. The fraction of sp³-hybridized carbons (Fsp3) is 0.579. The van der Waals surface area contributed by atoms with Gasteiger partial charge in [0.15, 0.2) is 5.65 Å². The Morgan fingerprint density at radius 3 is 2.72 bits per heavy atom. The van der Waals surface area contributed by atoms with Crippen LogP contribution in [0.15, 0.2) is 12.3 Å². The lowest BCUT2D eigenvalue weighted by Crippen LogP contribution is -2.46. The van der Waals surface area contributed by atoms with Crippen LogP contribution in [0.1, 0.15) is 48.8 Å². The van der Waals surface area contributed by atoms with E-state index in [1.165, 1.54) is 0 Å². The molecule has 2 aromatic rings. The van der Waals surface area contributed by atoms with Crippen LogP contribution in [0, 0.1) is 12.8 Å². The zero-order chi connectivity index (χ0) is 19.6. The van der Waals surface area contributed by atoms with E-state index in [9.17, 15) is 9.59 Å². The average molecular weight is 445 g/mol. The predicted molar refractivity (Wildman–Crippen MR) is 118 cm³/mol. The number of nitrogens with one attached hydrogen (secondary N) is 1. The van der Waals surface area contributed by atoms with Crippen molar-refractivity contribution in [2.45, 2.75) is 39.7 Å². The second-order valence-corrected chi connectivity index (χ2v) is 7.40. The number of likely N-dealkylation sites (tertiary alicyclic amines) is 1. The standard InChI is InChI=1S/C19H28N6O2.2ClH/c1-12(2)25-17-16(10-22-25)15(9-13(3)23-17)19(27)24-8-4-5-14(11-24)18(26)21-7-6-20;;/h9-10,12,14H,4-8,11,20H2,1-3H3,(H,21,26);2*1H. The van der Waals surface area contributed by atoms with Gasteiger partial charge in [0.05, 0.1) is 23.1 Å². The van der Waals surface area contributed by atoms with Crippen molar-refractivity contribution in [1.29, 1.82) is 0 Å². The monoisotopic (exact) mass is 444 g/mol. The topological polar surface area (TPSA) is 106 Å². The minimum Gasteiger partial charge on any atom is -0.355 e. The Morgan fingerprint density at radius 1 is 1.34 bits per heavy atom. The number of hydrogen-bond acceptors (Lipinski definition) is 5. The van der Waals surface area contributed by atoms with E-state index in [4.69, 9.17) is 5.73 Å². The van der Waals surface area contributed by atoms with E-state index in [2.05, 4.69) is 15.4 Å². The van der Waals surface area contributed by atoms with E-state index in [0.29, 0.717) is 31.7 Å². The van der Waals surface area contributed by atoms with Crippen molar-refractivity contribution in [1.82, 2.24) is 25.0 Å². The molecule has 1 unspecified atom stereocenters. The van der Waals surface area contributed by atoms with Crippen LogP contribution in [0.25, 0.3) is 11.0 Å². The van der Waals surface area contributed by atoms with Gasteiger partial charge < -0.3 is 16.0 Å². The van der Waals surface area contributed by atoms with E-state index < -0.39 is 0 Å². The highest BCUT2D eigenvalue weighted by Gasteiger charge is 2.30. The Bertz CT molecular complexity index is 855. The van der Waals surface area contributed by atoms with Gasteiger partial charge >= 0.3 is 0 Å². The molecule has 10 heteroatoms. The lowest BCUT2D eigenvalue weighted by Gasteiger charge is -2.32. The highest BCUT2D eigenvalue weighted by molar-refractivity contribution is 6.05. The van der Waals surface area contributed by atoms with Gasteiger partial charge in [-0.3, -0.25) is 9.59 Å². The fourth-order valence-electron chi connectivity index (χ4n) is 3.58. The second-order valence-electron chi connectivity index (χ2n) is 7.40.